The molecule has 1 fully saturated rings. The first-order chi connectivity index (χ1) is 12.1. The Hall–Kier alpha value is -1.82. The molecule has 1 saturated heterocycles. The van der Waals surface area contributed by atoms with Gasteiger partial charge in [0.05, 0.1) is 17.8 Å². The summed E-state index contributed by atoms with van der Waals surface area (Å²) in [4.78, 5) is 14.0. The van der Waals surface area contributed by atoms with E-state index in [1.807, 2.05) is 0 Å². The van der Waals surface area contributed by atoms with Crippen LogP contribution in [0.25, 0.3) is 11.3 Å². The summed E-state index contributed by atoms with van der Waals surface area (Å²) in [5.41, 5.74) is 3.28. The van der Waals surface area contributed by atoms with E-state index in [9.17, 15) is 4.79 Å². The lowest BCUT2D eigenvalue weighted by atomic mass is 10.1. The van der Waals surface area contributed by atoms with Gasteiger partial charge >= 0.3 is 0 Å². The number of benzene rings is 1. The van der Waals surface area contributed by atoms with Crippen molar-refractivity contribution in [1.29, 1.82) is 0 Å². The lowest BCUT2D eigenvalue weighted by Gasteiger charge is -2.25. The first kappa shape index (κ1) is 18.0. The van der Waals surface area contributed by atoms with Crippen molar-refractivity contribution in [3.8, 4) is 11.3 Å². The van der Waals surface area contributed by atoms with Crippen LogP contribution in [0.1, 0.15) is 25.0 Å². The van der Waals surface area contributed by atoms with Gasteiger partial charge in [-0.3, -0.25) is 9.69 Å². The molecule has 1 N–H and O–H groups in total. The van der Waals surface area contributed by atoms with E-state index in [1.165, 1.54) is 12.6 Å². The zero-order valence-electron chi connectivity index (χ0n) is 13.7. The Kier molecular flexibility index (Phi) is 6.13. The highest BCUT2D eigenvalue weighted by atomic mass is 35.5. The predicted molar refractivity (Wildman–Crippen MR) is 100 cm³/mol. The molecule has 1 aliphatic heterocycles. The van der Waals surface area contributed by atoms with E-state index in [2.05, 4.69) is 15.4 Å². The number of hydrazone groups is 1. The van der Waals surface area contributed by atoms with Gasteiger partial charge in [0.1, 0.15) is 11.5 Å². The van der Waals surface area contributed by atoms with E-state index in [-0.39, 0.29) is 5.91 Å². The molecule has 1 amide bonds. The van der Waals surface area contributed by atoms with Crippen molar-refractivity contribution in [2.45, 2.75) is 19.3 Å². The second-order valence-electron chi connectivity index (χ2n) is 5.96. The molecule has 2 heterocycles. The number of furan rings is 1. The van der Waals surface area contributed by atoms with Crippen LogP contribution in [0.2, 0.25) is 10.0 Å². The third kappa shape index (κ3) is 5.08. The molecule has 0 aliphatic carbocycles. The Balaban J connectivity index is 1.55. The Bertz CT molecular complexity index is 767. The monoisotopic (exact) mass is 379 g/mol. The summed E-state index contributed by atoms with van der Waals surface area (Å²) in [6.45, 7) is 2.32. The molecule has 0 bridgehead atoms. The molecule has 0 atom stereocenters. The van der Waals surface area contributed by atoms with Gasteiger partial charge in [0.2, 0.25) is 0 Å². The summed E-state index contributed by atoms with van der Waals surface area (Å²) < 4.78 is 5.68. The molecule has 0 saturated carbocycles. The van der Waals surface area contributed by atoms with Gasteiger partial charge in [-0.05, 0) is 56.3 Å². The molecule has 3 rings (SSSR count). The minimum absolute atomic E-state index is 0.120. The molecule has 1 aliphatic rings. The van der Waals surface area contributed by atoms with Gasteiger partial charge in [-0.1, -0.05) is 29.6 Å². The van der Waals surface area contributed by atoms with Gasteiger partial charge in [-0.15, -0.1) is 0 Å². The molecule has 5 nitrogen and oxygen atoms in total. The summed E-state index contributed by atoms with van der Waals surface area (Å²) in [6.07, 6.45) is 5.02. The highest BCUT2D eigenvalue weighted by Gasteiger charge is 2.13. The number of amides is 1. The van der Waals surface area contributed by atoms with Crippen LogP contribution >= 0.6 is 23.2 Å². The van der Waals surface area contributed by atoms with Gasteiger partial charge < -0.3 is 4.42 Å². The van der Waals surface area contributed by atoms with E-state index in [0.717, 1.165) is 31.5 Å². The minimum atomic E-state index is -0.120. The molecule has 7 heteroatoms. The lowest BCUT2D eigenvalue weighted by molar-refractivity contribution is -0.122. The number of nitrogens with one attached hydrogen (secondary N) is 1. The molecular weight excluding hydrogens is 361 g/mol. The summed E-state index contributed by atoms with van der Waals surface area (Å²) in [5.74, 6) is 1.02. The second kappa shape index (κ2) is 8.52. The van der Waals surface area contributed by atoms with Gasteiger partial charge in [0, 0.05) is 10.6 Å². The zero-order valence-corrected chi connectivity index (χ0v) is 15.2. The number of hydrogen-bond acceptors (Lipinski definition) is 4. The molecule has 1 aromatic heterocycles. The quantitative estimate of drug-likeness (QED) is 0.625. The fourth-order valence-electron chi connectivity index (χ4n) is 2.78. The first-order valence-electron chi connectivity index (χ1n) is 8.21. The molecule has 0 spiro atoms. The molecule has 0 radical (unpaired) electrons. The van der Waals surface area contributed by atoms with Gasteiger partial charge in [-0.25, -0.2) is 5.43 Å². The Morgan fingerprint density at radius 2 is 2.00 bits per heavy atom. The smallest absolute Gasteiger partial charge is 0.254 e. The first-order valence-corrected chi connectivity index (χ1v) is 8.97. The van der Waals surface area contributed by atoms with Crippen molar-refractivity contribution in [3.05, 3.63) is 46.1 Å². The number of piperidine rings is 1. The predicted octanol–water partition coefficient (Wildman–Crippen LogP) is 4.19. The SMILES string of the molecule is O=C(CN1CCCCC1)N/N=C\c1ccc(-c2ccc(Cl)cc2Cl)o1. The van der Waals surface area contributed by atoms with Crippen molar-refractivity contribution in [2.24, 2.45) is 5.10 Å². The Morgan fingerprint density at radius 1 is 1.20 bits per heavy atom. The van der Waals surface area contributed by atoms with Crippen LogP contribution in [-0.4, -0.2) is 36.7 Å². The summed E-state index contributed by atoms with van der Waals surface area (Å²) in [5, 5.41) is 5.03. The van der Waals surface area contributed by atoms with Gasteiger partial charge in [-0.2, -0.15) is 5.10 Å². The van der Waals surface area contributed by atoms with Crippen LogP contribution in [-0.2, 0) is 4.79 Å². The summed E-state index contributed by atoms with van der Waals surface area (Å²) in [6, 6.07) is 8.77. The van der Waals surface area contributed by atoms with Crippen LogP contribution in [0.4, 0.5) is 0 Å². The average molecular weight is 380 g/mol. The molecule has 2 aromatic rings. The topological polar surface area (TPSA) is 57.8 Å². The third-order valence-corrected chi connectivity index (χ3v) is 4.57. The van der Waals surface area contributed by atoms with Crippen molar-refractivity contribution in [3.63, 3.8) is 0 Å². The average Bonchev–Trinajstić information content (AvgIpc) is 3.04. The highest BCUT2D eigenvalue weighted by Crippen LogP contribution is 2.31. The second-order valence-corrected chi connectivity index (χ2v) is 6.80. The van der Waals surface area contributed by atoms with Crippen molar-refractivity contribution < 1.29 is 9.21 Å². The lowest BCUT2D eigenvalue weighted by Crippen LogP contribution is -2.38. The number of carbonyl (C=O) groups is 1. The number of carbonyl (C=O) groups excluding carboxylic acids is 1. The maximum absolute atomic E-state index is 11.9. The summed E-state index contributed by atoms with van der Waals surface area (Å²) >= 11 is 12.1. The van der Waals surface area contributed by atoms with Gasteiger partial charge in [0.25, 0.3) is 5.91 Å². The van der Waals surface area contributed by atoms with Crippen molar-refractivity contribution >= 4 is 35.3 Å². The van der Waals surface area contributed by atoms with E-state index in [4.69, 9.17) is 27.6 Å². The van der Waals surface area contributed by atoms with E-state index < -0.39 is 0 Å². The van der Waals surface area contributed by atoms with Gasteiger partial charge in [0.15, 0.2) is 0 Å². The molecule has 0 unspecified atom stereocenters. The third-order valence-electron chi connectivity index (χ3n) is 4.02. The normalized spacial score (nSPS) is 15.6. The maximum atomic E-state index is 11.9. The zero-order chi connectivity index (χ0) is 17.6. The fraction of sp³-hybridized carbons (Fsp3) is 0.333. The number of likely N-dealkylation sites (tertiary alicyclic amines) is 1. The molecule has 1 aromatic carbocycles. The van der Waals surface area contributed by atoms with Crippen LogP contribution in [0.5, 0.6) is 0 Å². The van der Waals surface area contributed by atoms with Crippen molar-refractivity contribution in [1.82, 2.24) is 10.3 Å². The van der Waals surface area contributed by atoms with Crippen LogP contribution in [0.3, 0.4) is 0 Å². The standard InChI is InChI=1S/C18H19Cl2N3O2/c19-13-4-6-15(16(20)10-13)17-7-5-14(25-17)11-21-22-18(24)12-23-8-2-1-3-9-23/h4-7,10-11H,1-3,8-9,12H2,(H,22,24)/b21-11-. The van der Waals surface area contributed by atoms with Crippen LogP contribution in [0.15, 0.2) is 39.9 Å². The largest absolute Gasteiger partial charge is 0.455 e. The Labute approximate surface area is 156 Å². The number of halogens is 2. The molecular formula is C18H19Cl2N3O2. The maximum Gasteiger partial charge on any atom is 0.254 e. The van der Waals surface area contributed by atoms with Crippen LogP contribution in [0, 0.1) is 0 Å². The van der Waals surface area contributed by atoms with Crippen LogP contribution < -0.4 is 5.43 Å². The number of rotatable bonds is 5. The van der Waals surface area contributed by atoms with E-state index in [0.29, 0.717) is 28.1 Å². The van der Waals surface area contributed by atoms with E-state index in [1.54, 1.807) is 30.3 Å². The van der Waals surface area contributed by atoms with E-state index >= 15 is 0 Å². The fourth-order valence-corrected chi connectivity index (χ4v) is 3.28. The molecule has 132 valence electrons. The minimum Gasteiger partial charge on any atom is -0.455 e. The summed E-state index contributed by atoms with van der Waals surface area (Å²) in [7, 11) is 0. The highest BCUT2D eigenvalue weighted by molar-refractivity contribution is 6.36. The molecule has 25 heavy (non-hydrogen) atoms. The van der Waals surface area contributed by atoms with Crippen molar-refractivity contribution in [2.75, 3.05) is 19.6 Å². The Morgan fingerprint density at radius 3 is 2.76 bits per heavy atom. The number of nitrogens with zero attached hydrogens (tertiary/aromatic N) is 2. The number of hydrogen-bond donors (Lipinski definition) is 1.